The number of anilines is 1. The van der Waals surface area contributed by atoms with Gasteiger partial charge in [-0.3, -0.25) is 4.79 Å². The molecule has 12 heteroatoms. The molecule has 0 amide bonds. The van der Waals surface area contributed by atoms with Gasteiger partial charge >= 0.3 is 17.9 Å². The SMILES string of the molecule is CCOC(=O)C(=CC(=O)O)N1CCN(c2c(F)cc3c(=O)c(C(=O)O)cn(C4CC4)c3c2F)CC1. The fourth-order valence-corrected chi connectivity index (χ4v) is 4.29. The lowest BCUT2D eigenvalue weighted by atomic mass is 10.1. The van der Waals surface area contributed by atoms with Gasteiger partial charge < -0.3 is 29.3 Å². The molecule has 2 heterocycles. The second-order valence-corrected chi connectivity index (χ2v) is 8.30. The largest absolute Gasteiger partial charge is 0.478 e. The molecule has 10 nitrogen and oxygen atoms in total. The number of carboxylic acid groups (broad SMARTS) is 2. The third kappa shape index (κ3) is 4.55. The Morgan fingerprint density at radius 3 is 2.34 bits per heavy atom. The molecule has 1 saturated carbocycles. The Morgan fingerprint density at radius 2 is 1.80 bits per heavy atom. The Bertz CT molecular complexity index is 1310. The second kappa shape index (κ2) is 9.35. The fraction of sp³-hybridized carbons (Fsp3) is 0.391. The van der Waals surface area contributed by atoms with Crippen molar-refractivity contribution >= 4 is 34.5 Å². The van der Waals surface area contributed by atoms with Gasteiger partial charge in [-0.05, 0) is 25.8 Å². The summed E-state index contributed by atoms with van der Waals surface area (Å²) in [6.07, 6.45) is 3.19. The Morgan fingerprint density at radius 1 is 1.14 bits per heavy atom. The van der Waals surface area contributed by atoms with E-state index in [9.17, 15) is 24.3 Å². The molecular formula is C23H23F2N3O7. The summed E-state index contributed by atoms with van der Waals surface area (Å²) in [6, 6.07) is 0.677. The number of nitrogens with zero attached hydrogens (tertiary/aromatic N) is 3. The molecule has 186 valence electrons. The van der Waals surface area contributed by atoms with Crippen molar-refractivity contribution in [2.24, 2.45) is 0 Å². The molecule has 2 aromatic rings. The minimum atomic E-state index is -1.47. The van der Waals surface area contributed by atoms with E-state index in [-0.39, 0.29) is 61.1 Å². The summed E-state index contributed by atoms with van der Waals surface area (Å²) >= 11 is 0. The summed E-state index contributed by atoms with van der Waals surface area (Å²) < 4.78 is 37.2. The number of aliphatic carboxylic acids is 1. The monoisotopic (exact) mass is 491 g/mol. The number of hydrogen-bond acceptors (Lipinski definition) is 7. The van der Waals surface area contributed by atoms with Gasteiger partial charge in [-0.25, -0.2) is 23.2 Å². The van der Waals surface area contributed by atoms with Gasteiger partial charge in [-0.15, -0.1) is 0 Å². The average molecular weight is 491 g/mol. The van der Waals surface area contributed by atoms with Gasteiger partial charge in [0.1, 0.15) is 22.8 Å². The first-order valence-corrected chi connectivity index (χ1v) is 11.1. The molecule has 35 heavy (non-hydrogen) atoms. The van der Waals surface area contributed by atoms with Crippen molar-refractivity contribution < 1.29 is 38.1 Å². The number of carbonyl (C=O) groups excluding carboxylic acids is 1. The van der Waals surface area contributed by atoms with Crippen molar-refractivity contribution in [1.82, 2.24) is 9.47 Å². The van der Waals surface area contributed by atoms with Crippen LogP contribution in [0.4, 0.5) is 14.5 Å². The predicted octanol–water partition coefficient (Wildman–Crippen LogP) is 1.97. The van der Waals surface area contributed by atoms with Gasteiger partial charge in [-0.1, -0.05) is 0 Å². The van der Waals surface area contributed by atoms with E-state index in [0.717, 1.165) is 18.3 Å². The maximum absolute atomic E-state index is 15.8. The van der Waals surface area contributed by atoms with Crippen LogP contribution in [0.5, 0.6) is 0 Å². The number of piperazine rings is 1. The number of aromatic carboxylic acids is 1. The standard InChI is InChI=1S/C23H23F2N3O7/c1-2-35-23(34)16(10-17(29)30)26-5-7-27(8-6-26)20-15(24)9-13-19(18(20)25)28(12-3-4-12)11-14(21(13)31)22(32)33/h9-12H,2-8H2,1H3,(H,29,30)(H,32,33). The predicted molar refractivity (Wildman–Crippen MR) is 119 cm³/mol. The quantitative estimate of drug-likeness (QED) is 0.441. The number of carbonyl (C=O) groups is 3. The normalized spacial score (nSPS) is 16.5. The Labute approximate surface area is 197 Å². The van der Waals surface area contributed by atoms with Crippen LogP contribution >= 0.6 is 0 Å². The molecule has 2 fully saturated rings. The summed E-state index contributed by atoms with van der Waals surface area (Å²) in [5.74, 6) is -5.60. The number of esters is 1. The Hall–Kier alpha value is -3.96. The third-order valence-corrected chi connectivity index (χ3v) is 6.04. The highest BCUT2D eigenvalue weighted by Gasteiger charge is 2.32. The summed E-state index contributed by atoms with van der Waals surface area (Å²) in [7, 11) is 0. The number of ether oxygens (including phenoxy) is 1. The number of fused-ring (bicyclic) bond motifs is 1. The molecule has 0 spiro atoms. The van der Waals surface area contributed by atoms with Crippen LogP contribution in [0.3, 0.4) is 0 Å². The first-order valence-electron chi connectivity index (χ1n) is 11.1. The smallest absolute Gasteiger partial charge is 0.354 e. The highest BCUT2D eigenvalue weighted by molar-refractivity contribution is 5.95. The summed E-state index contributed by atoms with van der Waals surface area (Å²) in [5, 5.41) is 18.1. The number of halogens is 2. The number of hydrogen-bond donors (Lipinski definition) is 2. The highest BCUT2D eigenvalue weighted by Crippen LogP contribution is 2.39. The molecule has 4 rings (SSSR count). The molecule has 2 N–H and O–H groups in total. The van der Waals surface area contributed by atoms with E-state index in [1.165, 1.54) is 14.4 Å². The van der Waals surface area contributed by atoms with E-state index in [2.05, 4.69) is 0 Å². The molecule has 1 aliphatic heterocycles. The fourth-order valence-electron chi connectivity index (χ4n) is 4.29. The lowest BCUT2D eigenvalue weighted by Gasteiger charge is -2.38. The third-order valence-electron chi connectivity index (χ3n) is 6.04. The van der Waals surface area contributed by atoms with Crippen LogP contribution in [0, 0.1) is 11.6 Å². The van der Waals surface area contributed by atoms with Crippen molar-refractivity contribution in [3.8, 4) is 0 Å². The molecule has 0 bridgehead atoms. The van der Waals surface area contributed by atoms with Crippen LogP contribution < -0.4 is 10.3 Å². The number of aromatic nitrogens is 1. The maximum Gasteiger partial charge on any atom is 0.354 e. The zero-order valence-electron chi connectivity index (χ0n) is 18.8. The average Bonchev–Trinajstić information content (AvgIpc) is 3.64. The van der Waals surface area contributed by atoms with E-state index in [0.29, 0.717) is 12.8 Å². The molecular weight excluding hydrogens is 468 g/mol. The van der Waals surface area contributed by atoms with Crippen molar-refractivity contribution in [1.29, 1.82) is 0 Å². The van der Waals surface area contributed by atoms with Crippen LogP contribution in [-0.2, 0) is 14.3 Å². The van der Waals surface area contributed by atoms with Gasteiger partial charge in [0.15, 0.2) is 5.82 Å². The van der Waals surface area contributed by atoms with Crippen molar-refractivity contribution in [3.63, 3.8) is 0 Å². The lowest BCUT2D eigenvalue weighted by Crippen LogP contribution is -2.48. The van der Waals surface area contributed by atoms with Gasteiger partial charge in [0.25, 0.3) is 0 Å². The molecule has 1 aromatic carbocycles. The zero-order valence-corrected chi connectivity index (χ0v) is 18.8. The Kier molecular flexibility index (Phi) is 6.46. The molecule has 1 aliphatic carbocycles. The molecule has 1 aromatic heterocycles. The molecule has 2 aliphatic rings. The van der Waals surface area contributed by atoms with Crippen LogP contribution in [0.1, 0.15) is 36.2 Å². The molecule has 1 saturated heterocycles. The first kappa shape index (κ1) is 24.2. The summed E-state index contributed by atoms with van der Waals surface area (Å²) in [4.78, 5) is 50.4. The van der Waals surface area contributed by atoms with Gasteiger partial charge in [0.05, 0.1) is 23.6 Å². The van der Waals surface area contributed by atoms with E-state index in [4.69, 9.17) is 9.84 Å². The lowest BCUT2D eigenvalue weighted by molar-refractivity contribution is -0.141. The molecule has 0 radical (unpaired) electrons. The van der Waals surface area contributed by atoms with E-state index < -0.39 is 40.5 Å². The van der Waals surface area contributed by atoms with Crippen molar-refractivity contribution in [3.05, 3.63) is 51.5 Å². The molecule has 0 unspecified atom stereocenters. The topological polar surface area (TPSA) is 129 Å². The molecule has 0 atom stereocenters. The number of carboxylic acids is 2. The van der Waals surface area contributed by atoms with E-state index in [1.807, 2.05) is 0 Å². The summed E-state index contributed by atoms with van der Waals surface area (Å²) in [6.45, 7) is 1.91. The maximum atomic E-state index is 15.8. The van der Waals surface area contributed by atoms with Gasteiger partial charge in [-0.2, -0.15) is 0 Å². The number of rotatable bonds is 7. The van der Waals surface area contributed by atoms with E-state index >= 15 is 8.78 Å². The minimum Gasteiger partial charge on any atom is -0.478 e. The highest BCUT2D eigenvalue weighted by atomic mass is 19.1. The van der Waals surface area contributed by atoms with Crippen molar-refractivity contribution in [2.75, 3.05) is 37.7 Å². The van der Waals surface area contributed by atoms with Crippen LogP contribution in [0.25, 0.3) is 10.9 Å². The zero-order chi connectivity index (χ0) is 25.4. The van der Waals surface area contributed by atoms with Crippen LogP contribution in [-0.4, -0.2) is 70.4 Å². The summed E-state index contributed by atoms with van der Waals surface area (Å²) in [5.41, 5.74) is -2.20. The van der Waals surface area contributed by atoms with Crippen LogP contribution in [0.15, 0.2) is 28.8 Å². The first-order chi connectivity index (χ1) is 16.6. The second-order valence-electron chi connectivity index (χ2n) is 8.30. The van der Waals surface area contributed by atoms with E-state index in [1.54, 1.807) is 6.92 Å². The minimum absolute atomic E-state index is 0.0511. The van der Waals surface area contributed by atoms with Gasteiger partial charge in [0.2, 0.25) is 5.43 Å². The van der Waals surface area contributed by atoms with Crippen LogP contribution in [0.2, 0.25) is 0 Å². The number of pyridine rings is 1. The van der Waals surface area contributed by atoms with Gasteiger partial charge in [0, 0.05) is 38.4 Å². The Balaban J connectivity index is 1.70. The van der Waals surface area contributed by atoms with Crippen molar-refractivity contribution in [2.45, 2.75) is 25.8 Å². The number of benzene rings is 1.